The van der Waals surface area contributed by atoms with Gasteiger partial charge < -0.3 is 15.0 Å². The van der Waals surface area contributed by atoms with Crippen molar-refractivity contribution in [2.24, 2.45) is 5.92 Å². The van der Waals surface area contributed by atoms with Crippen LogP contribution in [0.15, 0.2) is 53.7 Å². The van der Waals surface area contributed by atoms with Crippen LogP contribution in [-0.2, 0) is 9.59 Å². The summed E-state index contributed by atoms with van der Waals surface area (Å²) in [5.41, 5.74) is 6.16. The number of carboxylic acid groups (broad SMARTS) is 1. The third-order valence-electron chi connectivity index (χ3n) is 6.51. The minimum Gasteiger partial charge on any atom is -0.481 e. The first-order valence-corrected chi connectivity index (χ1v) is 12.2. The lowest BCUT2D eigenvalue weighted by molar-refractivity contribution is -0.138. The zero-order chi connectivity index (χ0) is 26.6. The van der Waals surface area contributed by atoms with Crippen LogP contribution < -0.4 is 10.9 Å². The van der Waals surface area contributed by atoms with Gasteiger partial charge in [0.1, 0.15) is 6.04 Å². The fraction of sp³-hybridized carbons (Fsp3) is 0.379. The van der Waals surface area contributed by atoms with E-state index in [1.54, 1.807) is 18.6 Å². The lowest BCUT2D eigenvalue weighted by Crippen LogP contribution is -2.40. The molecule has 2 N–H and O–H groups in total. The summed E-state index contributed by atoms with van der Waals surface area (Å²) in [6, 6.07) is 7.87. The van der Waals surface area contributed by atoms with E-state index in [0.717, 1.165) is 33.4 Å². The number of pyridine rings is 2. The summed E-state index contributed by atoms with van der Waals surface area (Å²) < 4.78 is 1.46. The number of hydrogen-bond donors (Lipinski definition) is 2. The Morgan fingerprint density at radius 2 is 1.67 bits per heavy atom. The number of carboxylic acids is 1. The van der Waals surface area contributed by atoms with E-state index in [-0.39, 0.29) is 17.9 Å². The van der Waals surface area contributed by atoms with Gasteiger partial charge in [-0.25, -0.2) is 0 Å². The molecule has 0 aliphatic carbocycles. The monoisotopic (exact) mass is 489 g/mol. The number of aliphatic carboxylic acids is 1. The van der Waals surface area contributed by atoms with Gasteiger partial charge >= 0.3 is 5.97 Å². The quantitative estimate of drug-likeness (QED) is 0.437. The van der Waals surface area contributed by atoms with Crippen molar-refractivity contribution in [1.29, 1.82) is 0 Å². The fourth-order valence-corrected chi connectivity index (χ4v) is 4.53. The normalized spacial score (nSPS) is 12.9. The average Bonchev–Trinajstić information content (AvgIpc) is 2.79. The highest BCUT2D eigenvalue weighted by Crippen LogP contribution is 2.29. The molecular formula is C29H35N3O4. The molecule has 0 radical (unpaired) electrons. The van der Waals surface area contributed by atoms with Crippen molar-refractivity contribution in [1.82, 2.24) is 14.9 Å². The first-order valence-electron chi connectivity index (χ1n) is 12.2. The predicted molar refractivity (Wildman–Crippen MR) is 141 cm³/mol. The summed E-state index contributed by atoms with van der Waals surface area (Å²) in [7, 11) is 0. The summed E-state index contributed by atoms with van der Waals surface area (Å²) in [6.07, 6.45) is 5.17. The second kappa shape index (κ2) is 11.3. The lowest BCUT2D eigenvalue weighted by atomic mass is 9.94. The minimum absolute atomic E-state index is 0.140. The SMILES string of the molecule is Cc1cc(=O)n([C@@H](CC(C)C)C(=O)N[C@H](CC(=O)O)c2cncc(-c3c(C)cccc3C)c2)cc1C. The van der Waals surface area contributed by atoms with Crippen molar-refractivity contribution < 1.29 is 14.7 Å². The number of nitrogens with one attached hydrogen (secondary N) is 1. The molecule has 0 bridgehead atoms. The van der Waals surface area contributed by atoms with Crippen molar-refractivity contribution in [3.05, 3.63) is 87.1 Å². The van der Waals surface area contributed by atoms with Gasteiger partial charge in [-0.3, -0.25) is 19.4 Å². The Hall–Kier alpha value is -3.74. The Labute approximate surface area is 212 Å². The maximum Gasteiger partial charge on any atom is 0.305 e. The second-order valence-electron chi connectivity index (χ2n) is 9.96. The van der Waals surface area contributed by atoms with Gasteiger partial charge in [-0.15, -0.1) is 0 Å². The van der Waals surface area contributed by atoms with Crippen molar-refractivity contribution in [3.63, 3.8) is 0 Å². The van der Waals surface area contributed by atoms with Gasteiger partial charge in [0.25, 0.3) is 5.56 Å². The second-order valence-corrected chi connectivity index (χ2v) is 9.96. The lowest BCUT2D eigenvalue weighted by Gasteiger charge is -2.25. The number of aromatic nitrogens is 2. The number of benzene rings is 1. The molecular weight excluding hydrogens is 454 g/mol. The summed E-state index contributed by atoms with van der Waals surface area (Å²) >= 11 is 0. The van der Waals surface area contributed by atoms with E-state index in [1.807, 2.05) is 65.8 Å². The van der Waals surface area contributed by atoms with Gasteiger partial charge in [0.2, 0.25) is 5.91 Å². The predicted octanol–water partition coefficient (Wildman–Crippen LogP) is 5.06. The molecule has 1 amide bonds. The summed E-state index contributed by atoms with van der Waals surface area (Å²) in [4.78, 5) is 42.5. The van der Waals surface area contributed by atoms with Gasteiger partial charge in [-0.05, 0) is 79.5 Å². The molecule has 0 spiro atoms. The molecule has 2 aromatic heterocycles. The van der Waals surface area contributed by atoms with Crippen molar-refractivity contribution in [2.75, 3.05) is 0 Å². The molecule has 190 valence electrons. The standard InChI is InChI=1S/C29H35N3O4/c1-17(2)10-25(32-16-21(6)20(5)11-26(32)33)29(36)31-24(13-27(34)35)22-12-23(15-30-14-22)28-18(3)8-7-9-19(28)4/h7-9,11-12,14-17,24-25H,10,13H2,1-6H3,(H,31,36)(H,34,35)/t24-,25+/m1/s1. The van der Waals surface area contributed by atoms with Gasteiger partial charge in [0.15, 0.2) is 0 Å². The molecule has 7 nitrogen and oxygen atoms in total. The number of carbonyl (C=O) groups is 2. The van der Waals surface area contributed by atoms with Gasteiger partial charge in [0.05, 0.1) is 12.5 Å². The van der Waals surface area contributed by atoms with Crippen molar-refractivity contribution in [2.45, 2.75) is 66.5 Å². The molecule has 1 aromatic carbocycles. The molecule has 2 heterocycles. The minimum atomic E-state index is -1.04. The van der Waals surface area contributed by atoms with Crippen LogP contribution in [0.5, 0.6) is 0 Å². The molecule has 7 heteroatoms. The highest BCUT2D eigenvalue weighted by atomic mass is 16.4. The van der Waals surface area contributed by atoms with E-state index in [9.17, 15) is 19.5 Å². The van der Waals surface area contributed by atoms with Crippen LogP contribution in [0.1, 0.15) is 66.6 Å². The van der Waals surface area contributed by atoms with Crippen LogP contribution in [0.2, 0.25) is 0 Å². The van der Waals surface area contributed by atoms with E-state index in [1.165, 1.54) is 10.6 Å². The summed E-state index contributed by atoms with van der Waals surface area (Å²) in [5, 5.41) is 12.5. The van der Waals surface area contributed by atoms with Gasteiger partial charge in [0, 0.05) is 30.2 Å². The third kappa shape index (κ3) is 6.27. The number of amides is 1. The van der Waals surface area contributed by atoms with Crippen LogP contribution in [0.25, 0.3) is 11.1 Å². The molecule has 3 aromatic rings. The number of rotatable bonds is 9. The third-order valence-corrected chi connectivity index (χ3v) is 6.51. The molecule has 0 fully saturated rings. The largest absolute Gasteiger partial charge is 0.481 e. The van der Waals surface area contributed by atoms with Gasteiger partial charge in [-0.1, -0.05) is 32.0 Å². The van der Waals surface area contributed by atoms with Gasteiger partial charge in [-0.2, -0.15) is 0 Å². The van der Waals surface area contributed by atoms with Crippen molar-refractivity contribution in [3.8, 4) is 11.1 Å². The Balaban J connectivity index is 2.00. The van der Waals surface area contributed by atoms with E-state index in [0.29, 0.717) is 12.0 Å². The Bertz CT molecular complexity index is 1310. The van der Waals surface area contributed by atoms with Crippen LogP contribution >= 0.6 is 0 Å². The molecule has 3 rings (SSSR count). The first kappa shape index (κ1) is 26.9. The van der Waals surface area contributed by atoms with Crippen LogP contribution in [0.4, 0.5) is 0 Å². The first-order chi connectivity index (χ1) is 17.0. The van der Waals surface area contributed by atoms with E-state index < -0.39 is 24.0 Å². The zero-order valence-electron chi connectivity index (χ0n) is 21.8. The number of aryl methyl sites for hydroxylation is 4. The Morgan fingerprint density at radius 3 is 2.28 bits per heavy atom. The number of nitrogens with zero attached hydrogens (tertiary/aromatic N) is 2. The molecule has 0 saturated heterocycles. The Kier molecular flexibility index (Phi) is 8.45. The fourth-order valence-electron chi connectivity index (χ4n) is 4.53. The van der Waals surface area contributed by atoms with Crippen molar-refractivity contribution >= 4 is 11.9 Å². The zero-order valence-corrected chi connectivity index (χ0v) is 21.8. The maximum atomic E-state index is 13.6. The van der Waals surface area contributed by atoms with E-state index in [4.69, 9.17) is 0 Å². The average molecular weight is 490 g/mol. The summed E-state index contributed by atoms with van der Waals surface area (Å²) in [6.45, 7) is 11.8. The van der Waals surface area contributed by atoms with Crippen LogP contribution in [0, 0.1) is 33.6 Å². The van der Waals surface area contributed by atoms with Crippen LogP contribution in [-0.4, -0.2) is 26.5 Å². The molecule has 0 unspecified atom stereocenters. The van der Waals surface area contributed by atoms with Crippen LogP contribution in [0.3, 0.4) is 0 Å². The van der Waals surface area contributed by atoms with E-state index >= 15 is 0 Å². The Morgan fingerprint density at radius 1 is 1.00 bits per heavy atom. The number of hydrogen-bond acceptors (Lipinski definition) is 4. The summed E-state index contributed by atoms with van der Waals surface area (Å²) in [5.74, 6) is -1.29. The smallest absolute Gasteiger partial charge is 0.305 e. The molecule has 0 aliphatic heterocycles. The number of carbonyl (C=O) groups excluding carboxylic acids is 1. The molecule has 2 atom stereocenters. The highest BCUT2D eigenvalue weighted by molar-refractivity contribution is 5.82. The molecule has 0 aliphatic rings. The van der Waals surface area contributed by atoms with E-state index in [2.05, 4.69) is 10.3 Å². The molecule has 0 saturated carbocycles. The molecule has 36 heavy (non-hydrogen) atoms. The topological polar surface area (TPSA) is 101 Å². The highest BCUT2D eigenvalue weighted by Gasteiger charge is 2.27. The maximum absolute atomic E-state index is 13.6.